The van der Waals surface area contributed by atoms with Crippen LogP contribution in [0.4, 0.5) is 0 Å². The molecule has 0 aliphatic rings. The zero-order valence-electron chi connectivity index (χ0n) is 36.1. The molecule has 0 fully saturated rings. The van der Waals surface area contributed by atoms with Gasteiger partial charge in [-0.1, -0.05) is 153 Å². The maximum absolute atomic E-state index is 12.7. The van der Waals surface area contributed by atoms with Gasteiger partial charge in [0.25, 0.3) is 6.29 Å². The van der Waals surface area contributed by atoms with E-state index in [1.165, 1.54) is 89.9 Å². The predicted octanol–water partition coefficient (Wildman–Crippen LogP) is 11.4. The second kappa shape index (κ2) is 38.4. The summed E-state index contributed by atoms with van der Waals surface area (Å²) in [5.41, 5.74) is 0. The summed E-state index contributed by atoms with van der Waals surface area (Å²) in [6.07, 6.45) is 39.2. The summed E-state index contributed by atoms with van der Waals surface area (Å²) < 4.78 is 22.7. The number of ether oxygens (including phenoxy) is 4. The Balaban J connectivity index is 4.40. The lowest BCUT2D eigenvalue weighted by Crippen LogP contribution is -2.40. The van der Waals surface area contributed by atoms with E-state index in [2.05, 4.69) is 50.3 Å². The molecule has 0 bridgehead atoms. The van der Waals surface area contributed by atoms with E-state index in [1.54, 1.807) is 0 Å². The average molecular weight is 779 g/mol. The molecule has 55 heavy (non-hydrogen) atoms. The van der Waals surface area contributed by atoms with Crippen LogP contribution in [-0.4, -0.2) is 87.4 Å². The number of carbonyl (C=O) groups excluding carboxylic acids is 2. The molecule has 0 saturated carbocycles. The zero-order chi connectivity index (χ0) is 40.7. The molecule has 0 amide bonds. The third kappa shape index (κ3) is 39.5. The van der Waals surface area contributed by atoms with Crippen molar-refractivity contribution in [3.05, 3.63) is 36.5 Å². The van der Waals surface area contributed by atoms with Crippen LogP contribution < -0.4 is 0 Å². The van der Waals surface area contributed by atoms with Gasteiger partial charge in [-0.15, -0.1) is 0 Å². The summed E-state index contributed by atoms with van der Waals surface area (Å²) >= 11 is 0. The molecule has 0 spiro atoms. The Morgan fingerprint density at radius 2 is 0.982 bits per heavy atom. The van der Waals surface area contributed by atoms with Gasteiger partial charge in [-0.25, -0.2) is 4.79 Å². The highest BCUT2D eigenvalue weighted by molar-refractivity contribution is 5.71. The van der Waals surface area contributed by atoms with Crippen LogP contribution >= 0.6 is 0 Å². The normalized spacial score (nSPS) is 13.3. The molecule has 2 unspecified atom stereocenters. The molecular formula is C46H84NO8+. The van der Waals surface area contributed by atoms with Gasteiger partial charge in [0.05, 0.1) is 34.4 Å². The largest absolute Gasteiger partial charge is 0.477 e. The molecular weight excluding hydrogens is 695 g/mol. The van der Waals surface area contributed by atoms with Gasteiger partial charge in [0.2, 0.25) is 0 Å². The number of rotatable bonds is 40. The Morgan fingerprint density at radius 3 is 1.45 bits per heavy atom. The summed E-state index contributed by atoms with van der Waals surface area (Å²) in [4.78, 5) is 37.0. The zero-order valence-corrected chi connectivity index (χ0v) is 36.1. The lowest BCUT2D eigenvalue weighted by Gasteiger charge is -2.25. The number of allylic oxidation sites excluding steroid dienone is 6. The van der Waals surface area contributed by atoms with Gasteiger partial charge in [-0.2, -0.15) is 0 Å². The summed E-state index contributed by atoms with van der Waals surface area (Å²) in [6.45, 7) is 4.81. The fourth-order valence-electron chi connectivity index (χ4n) is 5.90. The second-order valence-corrected chi connectivity index (χ2v) is 16.0. The average Bonchev–Trinajstić information content (AvgIpc) is 3.14. The predicted molar refractivity (Wildman–Crippen MR) is 226 cm³/mol. The topological polar surface area (TPSA) is 108 Å². The molecule has 0 saturated heterocycles. The first-order valence-corrected chi connectivity index (χ1v) is 22.2. The monoisotopic (exact) mass is 779 g/mol. The molecule has 9 nitrogen and oxygen atoms in total. The van der Waals surface area contributed by atoms with Gasteiger partial charge in [-0.3, -0.25) is 9.59 Å². The quantitative estimate of drug-likeness (QED) is 0.0215. The number of likely N-dealkylation sites (N-methyl/N-ethyl adjacent to an activating group) is 1. The van der Waals surface area contributed by atoms with Gasteiger partial charge in [0, 0.05) is 12.8 Å². The third-order valence-electron chi connectivity index (χ3n) is 9.40. The lowest BCUT2D eigenvalue weighted by atomic mass is 10.1. The van der Waals surface area contributed by atoms with E-state index in [0.717, 1.165) is 57.8 Å². The number of unbranched alkanes of at least 4 members (excludes halogenated alkanes) is 19. The molecule has 0 aromatic rings. The maximum Gasteiger partial charge on any atom is 0.361 e. The number of aliphatic carboxylic acids is 1. The first-order chi connectivity index (χ1) is 26.6. The van der Waals surface area contributed by atoms with Crippen LogP contribution in [0.5, 0.6) is 0 Å². The first kappa shape index (κ1) is 52.5. The van der Waals surface area contributed by atoms with Crippen LogP contribution in [0, 0.1) is 0 Å². The van der Waals surface area contributed by atoms with Crippen LogP contribution in [0.25, 0.3) is 0 Å². The molecule has 0 rings (SSSR count). The SMILES string of the molecule is CCCCCCC/C=C\C/C=C\C/C=C\CCCCCCCCC(=O)OC(COC(=O)CCCCCCCCCCC)COC(OCC[N+](C)(C)C)C(=O)O. The van der Waals surface area contributed by atoms with Crippen molar-refractivity contribution in [1.29, 1.82) is 0 Å². The van der Waals surface area contributed by atoms with Crippen molar-refractivity contribution in [2.75, 3.05) is 47.5 Å². The molecule has 320 valence electrons. The fraction of sp³-hybridized carbons (Fsp3) is 0.804. The highest BCUT2D eigenvalue weighted by atomic mass is 16.7. The summed E-state index contributed by atoms with van der Waals surface area (Å²) in [7, 11) is 5.94. The highest BCUT2D eigenvalue weighted by Gasteiger charge is 2.25. The van der Waals surface area contributed by atoms with E-state index in [4.69, 9.17) is 18.9 Å². The van der Waals surface area contributed by atoms with E-state index < -0.39 is 24.3 Å². The molecule has 9 heteroatoms. The van der Waals surface area contributed by atoms with E-state index >= 15 is 0 Å². The van der Waals surface area contributed by atoms with Crippen LogP contribution in [0.2, 0.25) is 0 Å². The van der Waals surface area contributed by atoms with E-state index in [9.17, 15) is 19.5 Å². The van der Waals surface area contributed by atoms with Crippen molar-refractivity contribution in [2.24, 2.45) is 0 Å². The minimum Gasteiger partial charge on any atom is -0.477 e. The number of carbonyl (C=O) groups is 3. The first-order valence-electron chi connectivity index (χ1n) is 22.2. The number of hydrogen-bond donors (Lipinski definition) is 1. The van der Waals surface area contributed by atoms with Gasteiger partial charge in [0.15, 0.2) is 6.10 Å². The van der Waals surface area contributed by atoms with Crippen molar-refractivity contribution in [3.63, 3.8) is 0 Å². The molecule has 0 aliphatic heterocycles. The Kier molecular flexibility index (Phi) is 36.6. The Bertz CT molecular complexity index is 1000. The minimum atomic E-state index is -1.51. The fourth-order valence-corrected chi connectivity index (χ4v) is 5.90. The number of esters is 2. The standard InChI is InChI=1S/C46H83NO8/c1-6-8-10-12-14-16-17-18-19-20-21-22-23-24-25-26-27-29-31-33-35-37-44(49)55-42(41-54-46(45(50)51)52-39-38-47(3,4)5)40-53-43(48)36-34-32-30-28-15-13-11-9-7-2/h17-18,20-21,23-24,42,46H,6-16,19,22,25-41H2,1-5H3/p+1/b18-17-,21-20-,24-23-. The Labute approximate surface area is 337 Å². The maximum atomic E-state index is 12.7. The summed E-state index contributed by atoms with van der Waals surface area (Å²) in [5.74, 6) is -2.03. The number of hydrogen-bond acceptors (Lipinski definition) is 7. The van der Waals surface area contributed by atoms with Gasteiger partial charge in [0.1, 0.15) is 13.2 Å². The van der Waals surface area contributed by atoms with Crippen molar-refractivity contribution < 1.29 is 42.9 Å². The number of nitrogens with zero attached hydrogens (tertiary/aromatic N) is 1. The molecule has 0 aromatic carbocycles. The molecule has 0 aromatic heterocycles. The van der Waals surface area contributed by atoms with Crippen molar-refractivity contribution >= 4 is 17.9 Å². The van der Waals surface area contributed by atoms with Crippen LogP contribution in [0.1, 0.15) is 181 Å². The second-order valence-electron chi connectivity index (χ2n) is 16.0. The number of quaternary nitrogens is 1. The molecule has 0 radical (unpaired) electrons. The van der Waals surface area contributed by atoms with Gasteiger partial charge < -0.3 is 28.5 Å². The minimum absolute atomic E-state index is 0.185. The van der Waals surface area contributed by atoms with Crippen LogP contribution in [0.15, 0.2) is 36.5 Å². The smallest absolute Gasteiger partial charge is 0.361 e. The van der Waals surface area contributed by atoms with Crippen LogP contribution in [-0.2, 0) is 33.3 Å². The molecule has 2 atom stereocenters. The van der Waals surface area contributed by atoms with Crippen molar-refractivity contribution in [2.45, 2.75) is 193 Å². The van der Waals surface area contributed by atoms with Gasteiger partial charge >= 0.3 is 17.9 Å². The van der Waals surface area contributed by atoms with Crippen LogP contribution in [0.3, 0.4) is 0 Å². The Morgan fingerprint density at radius 1 is 0.545 bits per heavy atom. The molecule has 1 N–H and O–H groups in total. The molecule has 0 aliphatic carbocycles. The summed E-state index contributed by atoms with van der Waals surface area (Å²) in [6, 6.07) is 0. The van der Waals surface area contributed by atoms with Gasteiger partial charge in [-0.05, 0) is 51.4 Å². The summed E-state index contributed by atoms with van der Waals surface area (Å²) in [5, 5.41) is 9.61. The Hall–Kier alpha value is -2.49. The lowest BCUT2D eigenvalue weighted by molar-refractivity contribution is -0.870. The van der Waals surface area contributed by atoms with E-state index in [-0.39, 0.29) is 32.2 Å². The van der Waals surface area contributed by atoms with Crippen molar-refractivity contribution in [1.82, 2.24) is 0 Å². The highest BCUT2D eigenvalue weighted by Crippen LogP contribution is 2.13. The molecule has 0 heterocycles. The number of carboxylic acids is 1. The number of carboxylic acid groups (broad SMARTS) is 1. The van der Waals surface area contributed by atoms with E-state index in [1.807, 2.05) is 21.1 Å². The third-order valence-corrected chi connectivity index (χ3v) is 9.40. The van der Waals surface area contributed by atoms with E-state index in [0.29, 0.717) is 23.9 Å². The van der Waals surface area contributed by atoms with Crippen molar-refractivity contribution in [3.8, 4) is 0 Å².